The first-order valence-electron chi connectivity index (χ1n) is 8.20. The fourth-order valence-corrected chi connectivity index (χ4v) is 3.59. The van der Waals surface area contributed by atoms with Crippen LogP contribution in [0.25, 0.3) is 0 Å². The zero-order valence-electron chi connectivity index (χ0n) is 13.2. The number of aryl methyl sites for hydroxylation is 1. The van der Waals surface area contributed by atoms with Crippen LogP contribution in [0.4, 0.5) is 0 Å². The van der Waals surface area contributed by atoms with Crippen molar-refractivity contribution in [2.75, 3.05) is 13.2 Å². The van der Waals surface area contributed by atoms with Gasteiger partial charge < -0.3 is 14.8 Å². The Morgan fingerprint density at radius 2 is 1.88 bits per heavy atom. The Morgan fingerprint density at radius 1 is 1.12 bits per heavy atom. The van der Waals surface area contributed by atoms with Gasteiger partial charge in [0, 0.05) is 0 Å². The molecule has 4 rings (SSSR count). The van der Waals surface area contributed by atoms with Crippen LogP contribution in [-0.2, 0) is 6.42 Å². The molecule has 2 aliphatic rings. The van der Waals surface area contributed by atoms with Gasteiger partial charge in [0.25, 0.3) is 5.91 Å². The number of hydrogen-bond acceptors (Lipinski definition) is 3. The second-order valence-corrected chi connectivity index (χ2v) is 6.50. The van der Waals surface area contributed by atoms with Crippen LogP contribution >= 0.6 is 11.6 Å². The highest BCUT2D eigenvalue weighted by Crippen LogP contribution is 2.39. The number of ether oxygens (including phenoxy) is 2. The van der Waals surface area contributed by atoms with Gasteiger partial charge in [-0.2, -0.15) is 0 Å². The maximum absolute atomic E-state index is 12.6. The molecule has 1 aliphatic heterocycles. The lowest BCUT2D eigenvalue weighted by Gasteiger charge is -2.29. The van der Waals surface area contributed by atoms with E-state index in [1.165, 1.54) is 5.56 Å². The highest BCUT2D eigenvalue weighted by molar-refractivity contribution is 6.33. The average molecular weight is 344 g/mol. The molecule has 1 aliphatic carbocycles. The minimum Gasteiger partial charge on any atom is -0.486 e. The summed E-state index contributed by atoms with van der Waals surface area (Å²) in [4.78, 5) is 12.6. The standard InChI is InChI=1S/C19H18ClNO3/c20-15-6-2-1-5-13(15)19(22)21-16-7-3-4-12-10-17-18(11-14(12)16)24-9-8-23-17/h1-2,5-6,10-11,16H,3-4,7-9H2,(H,21,22). The molecule has 1 atom stereocenters. The van der Waals surface area contributed by atoms with Crippen molar-refractivity contribution in [2.24, 2.45) is 0 Å². The van der Waals surface area contributed by atoms with Gasteiger partial charge in [-0.05, 0) is 54.7 Å². The molecule has 0 saturated heterocycles. The lowest BCUT2D eigenvalue weighted by molar-refractivity contribution is 0.0932. The fourth-order valence-electron chi connectivity index (χ4n) is 3.37. The molecule has 4 nitrogen and oxygen atoms in total. The minimum atomic E-state index is -0.145. The molecule has 1 unspecified atom stereocenters. The van der Waals surface area contributed by atoms with Gasteiger partial charge >= 0.3 is 0 Å². The number of halogens is 1. The van der Waals surface area contributed by atoms with Crippen molar-refractivity contribution in [1.29, 1.82) is 0 Å². The predicted molar refractivity (Wildman–Crippen MR) is 92.0 cm³/mol. The van der Waals surface area contributed by atoms with E-state index in [1.54, 1.807) is 12.1 Å². The van der Waals surface area contributed by atoms with Gasteiger partial charge in [-0.1, -0.05) is 23.7 Å². The summed E-state index contributed by atoms with van der Waals surface area (Å²) in [6.45, 7) is 1.14. The van der Waals surface area contributed by atoms with Crippen molar-refractivity contribution >= 4 is 17.5 Å². The second-order valence-electron chi connectivity index (χ2n) is 6.09. The third-order valence-corrected chi connectivity index (χ3v) is 4.87. The maximum atomic E-state index is 12.6. The summed E-state index contributed by atoms with van der Waals surface area (Å²) in [7, 11) is 0. The molecule has 2 aromatic rings. The molecule has 2 aromatic carbocycles. The number of benzene rings is 2. The van der Waals surface area contributed by atoms with E-state index in [9.17, 15) is 4.79 Å². The zero-order chi connectivity index (χ0) is 16.5. The molecule has 0 spiro atoms. The SMILES string of the molecule is O=C(NC1CCCc2cc3c(cc21)OCCO3)c1ccccc1Cl. The van der Waals surface area contributed by atoms with Crippen LogP contribution in [0.5, 0.6) is 11.5 Å². The quantitative estimate of drug-likeness (QED) is 0.899. The summed E-state index contributed by atoms with van der Waals surface area (Å²) >= 11 is 6.13. The number of carbonyl (C=O) groups is 1. The van der Waals surface area contributed by atoms with Crippen LogP contribution in [0.2, 0.25) is 5.02 Å². The largest absolute Gasteiger partial charge is 0.486 e. The molecule has 0 radical (unpaired) electrons. The molecule has 0 fully saturated rings. The monoisotopic (exact) mass is 343 g/mol. The third-order valence-electron chi connectivity index (χ3n) is 4.54. The van der Waals surface area contributed by atoms with Crippen LogP contribution in [-0.4, -0.2) is 19.1 Å². The molecular formula is C19H18ClNO3. The number of nitrogens with one attached hydrogen (secondary N) is 1. The number of amides is 1. The van der Waals surface area contributed by atoms with Gasteiger partial charge in [0.2, 0.25) is 0 Å². The molecular weight excluding hydrogens is 326 g/mol. The Labute approximate surface area is 145 Å². The molecule has 0 aromatic heterocycles. The van der Waals surface area contributed by atoms with Crippen molar-refractivity contribution in [3.63, 3.8) is 0 Å². The predicted octanol–water partition coefficient (Wildman–Crippen LogP) is 3.92. The fraction of sp³-hybridized carbons (Fsp3) is 0.316. The van der Waals surface area contributed by atoms with Gasteiger partial charge in [-0.3, -0.25) is 4.79 Å². The average Bonchev–Trinajstić information content (AvgIpc) is 2.61. The van der Waals surface area contributed by atoms with Gasteiger partial charge in [-0.25, -0.2) is 0 Å². The summed E-state index contributed by atoms with van der Waals surface area (Å²) in [5.74, 6) is 1.42. The lowest BCUT2D eigenvalue weighted by atomic mass is 9.87. The van der Waals surface area contributed by atoms with Crippen LogP contribution < -0.4 is 14.8 Å². The van der Waals surface area contributed by atoms with Crippen LogP contribution in [0.1, 0.15) is 40.4 Å². The van der Waals surface area contributed by atoms with E-state index in [-0.39, 0.29) is 11.9 Å². The smallest absolute Gasteiger partial charge is 0.253 e. The van der Waals surface area contributed by atoms with E-state index in [2.05, 4.69) is 11.4 Å². The topological polar surface area (TPSA) is 47.6 Å². The van der Waals surface area contributed by atoms with Gasteiger partial charge in [-0.15, -0.1) is 0 Å². The Kier molecular flexibility index (Phi) is 4.07. The number of carbonyl (C=O) groups excluding carboxylic acids is 1. The summed E-state index contributed by atoms with van der Waals surface area (Å²) in [5.41, 5.74) is 2.84. The van der Waals surface area contributed by atoms with Gasteiger partial charge in [0.1, 0.15) is 13.2 Å². The van der Waals surface area contributed by atoms with Crippen molar-refractivity contribution in [3.05, 3.63) is 58.1 Å². The zero-order valence-corrected chi connectivity index (χ0v) is 13.9. The van der Waals surface area contributed by atoms with E-state index >= 15 is 0 Å². The first-order valence-corrected chi connectivity index (χ1v) is 8.58. The van der Waals surface area contributed by atoms with E-state index < -0.39 is 0 Å². The molecule has 0 saturated carbocycles. The molecule has 1 N–H and O–H groups in total. The minimum absolute atomic E-state index is 0.0339. The number of rotatable bonds is 2. The summed E-state index contributed by atoms with van der Waals surface area (Å²) < 4.78 is 11.3. The van der Waals surface area contributed by atoms with Gasteiger partial charge in [0.15, 0.2) is 11.5 Å². The van der Waals surface area contributed by atoms with E-state index in [0.717, 1.165) is 36.3 Å². The first kappa shape index (κ1) is 15.3. The second kappa shape index (κ2) is 6.36. The lowest BCUT2D eigenvalue weighted by Crippen LogP contribution is -2.31. The molecule has 5 heteroatoms. The van der Waals surface area contributed by atoms with Crippen molar-refractivity contribution in [2.45, 2.75) is 25.3 Å². The number of fused-ring (bicyclic) bond motifs is 2. The Balaban J connectivity index is 1.62. The van der Waals surface area contributed by atoms with Crippen LogP contribution in [0, 0.1) is 0 Å². The highest BCUT2D eigenvalue weighted by Gasteiger charge is 2.26. The summed E-state index contributed by atoms with van der Waals surface area (Å²) in [6, 6.07) is 11.1. The molecule has 124 valence electrons. The highest BCUT2D eigenvalue weighted by atomic mass is 35.5. The maximum Gasteiger partial charge on any atom is 0.253 e. The summed E-state index contributed by atoms with van der Waals surface area (Å²) in [5, 5.41) is 3.59. The first-order chi connectivity index (χ1) is 11.7. The normalized spacial score (nSPS) is 18.6. The van der Waals surface area contributed by atoms with E-state index in [1.807, 2.05) is 18.2 Å². The third kappa shape index (κ3) is 2.82. The number of hydrogen-bond donors (Lipinski definition) is 1. The van der Waals surface area contributed by atoms with Gasteiger partial charge in [0.05, 0.1) is 16.6 Å². The molecule has 1 amide bonds. The van der Waals surface area contributed by atoms with Crippen molar-refractivity contribution in [3.8, 4) is 11.5 Å². The summed E-state index contributed by atoms with van der Waals surface area (Å²) in [6.07, 6.45) is 2.92. The van der Waals surface area contributed by atoms with E-state index in [0.29, 0.717) is 23.8 Å². The van der Waals surface area contributed by atoms with Crippen molar-refractivity contribution in [1.82, 2.24) is 5.32 Å². The Hall–Kier alpha value is -2.20. The van der Waals surface area contributed by atoms with Crippen LogP contribution in [0.15, 0.2) is 36.4 Å². The Morgan fingerprint density at radius 3 is 2.67 bits per heavy atom. The molecule has 0 bridgehead atoms. The van der Waals surface area contributed by atoms with Crippen molar-refractivity contribution < 1.29 is 14.3 Å². The Bertz CT molecular complexity index is 790. The van der Waals surface area contributed by atoms with Crippen LogP contribution in [0.3, 0.4) is 0 Å². The van der Waals surface area contributed by atoms with E-state index in [4.69, 9.17) is 21.1 Å². The molecule has 1 heterocycles. The molecule has 24 heavy (non-hydrogen) atoms.